The van der Waals surface area contributed by atoms with Crippen molar-refractivity contribution in [3.8, 4) is 0 Å². The van der Waals surface area contributed by atoms with Crippen LogP contribution in [0.25, 0.3) is 10.9 Å². The number of H-pyrrole nitrogens is 1. The van der Waals surface area contributed by atoms with E-state index in [2.05, 4.69) is 14.7 Å². The van der Waals surface area contributed by atoms with Gasteiger partial charge < -0.3 is 9.72 Å². The number of ether oxygens (including phenoxy) is 1. The number of aromatic nitrogens is 2. The van der Waals surface area contributed by atoms with Crippen molar-refractivity contribution in [2.45, 2.75) is 0 Å². The molecule has 1 N–H and O–H groups in total. The molecule has 0 bridgehead atoms. The average molecular weight is 211 g/mol. The number of hydrogen-bond acceptors (Lipinski definition) is 3. The Hall–Kier alpha value is -1.55. The minimum absolute atomic E-state index is 0.263. The molecule has 0 aliphatic carbocycles. The van der Waals surface area contributed by atoms with Crippen LogP contribution in [0.1, 0.15) is 10.5 Å². The van der Waals surface area contributed by atoms with Crippen LogP contribution in [0.3, 0.4) is 0 Å². The van der Waals surface area contributed by atoms with E-state index in [1.54, 1.807) is 18.5 Å². The van der Waals surface area contributed by atoms with E-state index >= 15 is 0 Å². The maximum Gasteiger partial charge on any atom is 0.356 e. The van der Waals surface area contributed by atoms with Crippen molar-refractivity contribution in [3.63, 3.8) is 0 Å². The van der Waals surface area contributed by atoms with Gasteiger partial charge in [-0.2, -0.15) is 0 Å². The first-order chi connectivity index (χ1) is 6.72. The molecule has 2 rings (SSSR count). The van der Waals surface area contributed by atoms with Crippen LogP contribution in [0.15, 0.2) is 18.5 Å². The monoisotopic (exact) mass is 210 g/mol. The zero-order chi connectivity index (χ0) is 10.1. The van der Waals surface area contributed by atoms with Crippen LogP contribution >= 0.6 is 11.6 Å². The fourth-order valence-corrected chi connectivity index (χ4v) is 1.41. The van der Waals surface area contributed by atoms with Crippen molar-refractivity contribution < 1.29 is 9.53 Å². The van der Waals surface area contributed by atoms with Crippen molar-refractivity contribution in [2.75, 3.05) is 7.11 Å². The van der Waals surface area contributed by atoms with Crippen molar-refractivity contribution in [1.29, 1.82) is 0 Å². The van der Waals surface area contributed by atoms with Crippen LogP contribution in [0.5, 0.6) is 0 Å². The number of carbonyl (C=O) groups excluding carboxylic acids is 1. The van der Waals surface area contributed by atoms with E-state index in [0.29, 0.717) is 5.02 Å². The van der Waals surface area contributed by atoms with Gasteiger partial charge in [-0.15, -0.1) is 0 Å². The van der Waals surface area contributed by atoms with Gasteiger partial charge in [0.15, 0.2) is 0 Å². The zero-order valence-electron chi connectivity index (χ0n) is 7.37. The Balaban J connectivity index is 2.57. The number of nitrogens with one attached hydrogen (secondary N) is 1. The Morgan fingerprint density at radius 1 is 1.64 bits per heavy atom. The first-order valence-corrected chi connectivity index (χ1v) is 4.31. The van der Waals surface area contributed by atoms with Crippen molar-refractivity contribution >= 4 is 28.5 Å². The quantitative estimate of drug-likeness (QED) is 0.733. The molecule has 0 radical (unpaired) electrons. The summed E-state index contributed by atoms with van der Waals surface area (Å²) in [5, 5.41) is 1.38. The number of nitrogens with zero attached hydrogens (tertiary/aromatic N) is 1. The summed E-state index contributed by atoms with van der Waals surface area (Å²) < 4.78 is 4.54. The first kappa shape index (κ1) is 9.02. The number of fused-ring (bicyclic) bond motifs is 1. The molecule has 0 unspecified atom stereocenters. The van der Waals surface area contributed by atoms with Gasteiger partial charge in [0.2, 0.25) is 0 Å². The van der Waals surface area contributed by atoms with E-state index in [-0.39, 0.29) is 5.69 Å². The highest BCUT2D eigenvalue weighted by Gasteiger charge is 2.09. The van der Waals surface area contributed by atoms with Crippen LogP contribution < -0.4 is 0 Å². The van der Waals surface area contributed by atoms with E-state index in [1.807, 2.05) is 0 Å². The topological polar surface area (TPSA) is 55.0 Å². The third kappa shape index (κ3) is 1.33. The lowest BCUT2D eigenvalue weighted by Gasteiger charge is -1.97. The predicted octanol–water partition coefficient (Wildman–Crippen LogP) is 2.00. The largest absolute Gasteiger partial charge is 0.464 e. The summed E-state index contributed by atoms with van der Waals surface area (Å²) in [5.41, 5.74) is 1.03. The van der Waals surface area contributed by atoms with Gasteiger partial charge in [0.1, 0.15) is 5.69 Å². The molecule has 0 spiro atoms. The van der Waals surface area contributed by atoms with Gasteiger partial charge in [0.25, 0.3) is 0 Å². The molecule has 2 heterocycles. The third-order valence-electron chi connectivity index (χ3n) is 1.91. The Kier molecular flexibility index (Phi) is 2.13. The highest BCUT2D eigenvalue weighted by Crippen LogP contribution is 2.22. The number of aromatic amines is 1. The Morgan fingerprint density at radius 3 is 3.14 bits per heavy atom. The third-order valence-corrected chi connectivity index (χ3v) is 2.22. The van der Waals surface area contributed by atoms with Gasteiger partial charge >= 0.3 is 5.97 Å². The summed E-state index contributed by atoms with van der Waals surface area (Å²) in [6.07, 6.45) is 3.19. The minimum atomic E-state index is -0.461. The fourth-order valence-electron chi connectivity index (χ4n) is 1.20. The summed E-state index contributed by atoms with van der Waals surface area (Å²) in [6, 6.07) is 1.60. The Bertz CT molecular complexity index is 493. The number of methoxy groups -OCH3 is 1. The first-order valence-electron chi connectivity index (χ1n) is 3.93. The summed E-state index contributed by atoms with van der Waals surface area (Å²) in [7, 11) is 1.32. The van der Waals surface area contributed by atoms with Crippen molar-refractivity contribution in [3.05, 3.63) is 29.2 Å². The molecule has 2 aromatic rings. The second kappa shape index (κ2) is 3.31. The highest BCUT2D eigenvalue weighted by molar-refractivity contribution is 6.35. The number of esters is 1. The predicted molar refractivity (Wildman–Crippen MR) is 52.4 cm³/mol. The van der Waals surface area contributed by atoms with E-state index < -0.39 is 5.97 Å². The van der Waals surface area contributed by atoms with E-state index in [0.717, 1.165) is 10.9 Å². The SMILES string of the molecule is COC(=O)c1cc2[nH]cc(Cl)c2cn1. The van der Waals surface area contributed by atoms with Crippen molar-refractivity contribution in [1.82, 2.24) is 9.97 Å². The van der Waals surface area contributed by atoms with E-state index in [4.69, 9.17) is 11.6 Å². The Morgan fingerprint density at radius 2 is 2.43 bits per heavy atom. The summed E-state index contributed by atoms with van der Waals surface area (Å²) in [4.78, 5) is 18.0. The molecule has 0 amide bonds. The molecule has 72 valence electrons. The molecule has 5 heteroatoms. The van der Waals surface area contributed by atoms with E-state index in [9.17, 15) is 4.79 Å². The van der Waals surface area contributed by atoms with Gasteiger partial charge in [-0.25, -0.2) is 9.78 Å². The molecule has 14 heavy (non-hydrogen) atoms. The molecule has 0 saturated carbocycles. The van der Waals surface area contributed by atoms with Crippen LogP contribution in [0.4, 0.5) is 0 Å². The molecule has 0 aromatic carbocycles. The summed E-state index contributed by atoms with van der Waals surface area (Å²) in [6.45, 7) is 0. The van der Waals surface area contributed by atoms with Gasteiger partial charge in [-0.1, -0.05) is 11.6 Å². The van der Waals surface area contributed by atoms with E-state index in [1.165, 1.54) is 7.11 Å². The number of rotatable bonds is 1. The molecule has 0 fully saturated rings. The lowest BCUT2D eigenvalue weighted by Crippen LogP contribution is -2.03. The standard InChI is InChI=1S/C9H7ClN2O2/c1-14-9(13)8-2-7-5(3-11-8)6(10)4-12-7/h2-4,12H,1H3. The maximum atomic E-state index is 11.1. The molecule has 2 aromatic heterocycles. The van der Waals surface area contributed by atoms with Gasteiger partial charge in [-0.05, 0) is 6.07 Å². The second-order valence-corrected chi connectivity index (χ2v) is 3.15. The number of carbonyl (C=O) groups is 1. The molecule has 0 saturated heterocycles. The van der Waals surface area contributed by atoms with Crippen molar-refractivity contribution in [2.24, 2.45) is 0 Å². The highest BCUT2D eigenvalue weighted by atomic mass is 35.5. The molecule has 0 aliphatic rings. The molecule has 4 nitrogen and oxygen atoms in total. The maximum absolute atomic E-state index is 11.1. The number of pyridine rings is 1. The molecule has 0 aliphatic heterocycles. The zero-order valence-corrected chi connectivity index (χ0v) is 8.13. The minimum Gasteiger partial charge on any atom is -0.464 e. The number of hydrogen-bond donors (Lipinski definition) is 1. The lowest BCUT2D eigenvalue weighted by molar-refractivity contribution is 0.0594. The summed E-state index contributed by atoms with van der Waals surface area (Å²) >= 11 is 5.85. The van der Waals surface area contributed by atoms with Gasteiger partial charge in [-0.3, -0.25) is 0 Å². The smallest absolute Gasteiger partial charge is 0.356 e. The van der Waals surface area contributed by atoms with Gasteiger partial charge in [0.05, 0.1) is 17.6 Å². The molecular weight excluding hydrogens is 204 g/mol. The normalized spacial score (nSPS) is 10.4. The van der Waals surface area contributed by atoms with Gasteiger partial charge in [0, 0.05) is 17.8 Å². The summed E-state index contributed by atoms with van der Waals surface area (Å²) in [5.74, 6) is -0.461. The Labute approximate surface area is 84.9 Å². The number of halogens is 1. The van der Waals surface area contributed by atoms with Crippen LogP contribution in [0, 0.1) is 0 Å². The second-order valence-electron chi connectivity index (χ2n) is 2.74. The van der Waals surface area contributed by atoms with Crippen LogP contribution in [-0.4, -0.2) is 23.0 Å². The molecule has 0 atom stereocenters. The average Bonchev–Trinajstić information content (AvgIpc) is 2.59. The van der Waals surface area contributed by atoms with Crippen LogP contribution in [-0.2, 0) is 4.74 Å². The lowest BCUT2D eigenvalue weighted by atomic mass is 10.3. The fraction of sp³-hybridized carbons (Fsp3) is 0.111. The van der Waals surface area contributed by atoms with Crippen LogP contribution in [0.2, 0.25) is 5.02 Å². The molecular formula is C9H7ClN2O2.